The standard InChI is InChI=1S/C21H21N7O2.Sn/c1-3-15(4-2)17-10-19(28(26-17)18-7-6-14(13-29)11-23-18)25-21(30)16-12-24-27-9-5-8-22-20(16)27;/h5-12,15,29H,1-4,13H2,(H,25,30);. The molecule has 1 aliphatic heterocycles. The first-order chi connectivity index (χ1) is 15.2. The first-order valence-electron chi connectivity index (χ1n) is 10.2. The zero-order valence-electron chi connectivity index (χ0n) is 16.8. The van der Waals surface area contributed by atoms with E-state index in [4.69, 9.17) is 5.10 Å². The summed E-state index contributed by atoms with van der Waals surface area (Å²) < 4.78 is 5.96. The van der Waals surface area contributed by atoms with Crippen LogP contribution in [0.1, 0.15) is 40.4 Å². The molecule has 1 aliphatic rings. The summed E-state index contributed by atoms with van der Waals surface area (Å²) in [6.45, 7) is -0.0736. The van der Waals surface area contributed by atoms with Gasteiger partial charge in [-0.1, -0.05) is 0 Å². The number of aliphatic hydroxyl groups is 1. The fourth-order valence-corrected chi connectivity index (χ4v) is 7.65. The van der Waals surface area contributed by atoms with Crippen LogP contribution in [0.4, 0.5) is 5.82 Å². The van der Waals surface area contributed by atoms with E-state index < -0.39 is 0 Å². The average molecular weight is 522 g/mol. The van der Waals surface area contributed by atoms with Gasteiger partial charge in [0.25, 0.3) is 0 Å². The summed E-state index contributed by atoms with van der Waals surface area (Å²) in [7, 11) is 0. The van der Waals surface area contributed by atoms with Crippen molar-refractivity contribution in [1.29, 1.82) is 0 Å². The third kappa shape index (κ3) is 4.07. The molecule has 2 radical (unpaired) electrons. The number of carbonyl (C=O) groups excluding carboxylic acids is 1. The molecule has 0 saturated carbocycles. The van der Waals surface area contributed by atoms with Crippen LogP contribution in [0.3, 0.4) is 0 Å². The molecular formula is C21H21N7O2Sn. The van der Waals surface area contributed by atoms with E-state index in [1.54, 1.807) is 46.0 Å². The number of rotatable bonds is 5. The van der Waals surface area contributed by atoms with Gasteiger partial charge in [0, 0.05) is 0 Å². The summed E-state index contributed by atoms with van der Waals surface area (Å²) in [5.74, 6) is 1.27. The van der Waals surface area contributed by atoms with E-state index >= 15 is 0 Å². The molecule has 4 aromatic heterocycles. The van der Waals surface area contributed by atoms with Crippen molar-refractivity contribution in [2.45, 2.75) is 34.2 Å². The fraction of sp³-hybridized carbons (Fsp3) is 0.286. The van der Waals surface area contributed by atoms with Gasteiger partial charge < -0.3 is 0 Å². The Morgan fingerprint density at radius 2 is 2.10 bits per heavy atom. The number of aliphatic hydroxyl groups excluding tert-OH is 1. The Kier molecular flexibility index (Phi) is 5.68. The van der Waals surface area contributed by atoms with Gasteiger partial charge in [0.2, 0.25) is 0 Å². The van der Waals surface area contributed by atoms with Gasteiger partial charge in [0.15, 0.2) is 0 Å². The molecule has 0 aromatic carbocycles. The fourth-order valence-electron chi connectivity index (χ4n) is 3.79. The third-order valence-corrected chi connectivity index (χ3v) is 9.13. The van der Waals surface area contributed by atoms with Crippen molar-refractivity contribution in [2.24, 2.45) is 0 Å². The molecule has 0 atom stereocenters. The van der Waals surface area contributed by atoms with Crippen LogP contribution in [0, 0.1) is 0 Å². The van der Waals surface area contributed by atoms with Crippen molar-refractivity contribution < 1.29 is 9.90 Å². The van der Waals surface area contributed by atoms with E-state index in [1.807, 2.05) is 6.07 Å². The summed E-state index contributed by atoms with van der Waals surface area (Å²) in [5, 5.41) is 21.3. The molecule has 0 unspecified atom stereocenters. The van der Waals surface area contributed by atoms with Crippen molar-refractivity contribution in [3.8, 4) is 5.82 Å². The molecule has 1 saturated heterocycles. The molecule has 1 amide bonds. The molecule has 4 aromatic rings. The van der Waals surface area contributed by atoms with Crippen LogP contribution in [-0.4, -0.2) is 61.5 Å². The number of nitrogens with zero attached hydrogens (tertiary/aromatic N) is 6. The molecule has 9 nitrogen and oxygen atoms in total. The molecule has 1 fully saturated rings. The second-order valence-electron chi connectivity index (χ2n) is 7.47. The topological polar surface area (TPSA) is 110 Å². The normalized spacial score (nSPS) is 14.7. The van der Waals surface area contributed by atoms with Gasteiger partial charge in [0.05, 0.1) is 0 Å². The van der Waals surface area contributed by atoms with Crippen molar-refractivity contribution in [2.75, 3.05) is 5.32 Å². The summed E-state index contributed by atoms with van der Waals surface area (Å²) in [6, 6.07) is 7.32. The van der Waals surface area contributed by atoms with Gasteiger partial charge in [-0.3, -0.25) is 0 Å². The second kappa shape index (κ2) is 8.75. The summed E-state index contributed by atoms with van der Waals surface area (Å²) in [6.07, 6.45) is 8.86. The van der Waals surface area contributed by atoms with Crippen molar-refractivity contribution in [1.82, 2.24) is 29.4 Å². The van der Waals surface area contributed by atoms with Gasteiger partial charge in [-0.2, -0.15) is 0 Å². The number of hydrogen-bond acceptors (Lipinski definition) is 6. The molecule has 0 bridgehead atoms. The monoisotopic (exact) mass is 523 g/mol. The number of carbonyl (C=O) groups is 1. The number of hydrogen-bond donors (Lipinski definition) is 2. The van der Waals surface area contributed by atoms with Crippen LogP contribution in [0.25, 0.3) is 11.5 Å². The first kappa shape index (κ1) is 20.1. The van der Waals surface area contributed by atoms with Crippen LogP contribution in [0.2, 0.25) is 8.87 Å². The van der Waals surface area contributed by atoms with E-state index in [9.17, 15) is 9.90 Å². The molecule has 0 spiro atoms. The molecule has 5 heterocycles. The maximum atomic E-state index is 13.1. The van der Waals surface area contributed by atoms with Crippen LogP contribution >= 0.6 is 0 Å². The Bertz CT molecular complexity index is 1210. The molecule has 5 rings (SSSR count). The van der Waals surface area contributed by atoms with Gasteiger partial charge in [-0.05, 0) is 6.07 Å². The first-order valence-corrected chi connectivity index (χ1v) is 14.2. The predicted molar refractivity (Wildman–Crippen MR) is 116 cm³/mol. The average Bonchev–Trinajstić information content (AvgIpc) is 3.44. The van der Waals surface area contributed by atoms with Crippen LogP contribution in [-0.2, 0) is 6.61 Å². The van der Waals surface area contributed by atoms with E-state index in [0.717, 1.165) is 11.3 Å². The van der Waals surface area contributed by atoms with Gasteiger partial charge in [-0.25, -0.2) is 0 Å². The number of fused-ring (bicyclic) bond motifs is 1. The molecule has 2 N–H and O–H groups in total. The molecule has 156 valence electrons. The third-order valence-electron chi connectivity index (χ3n) is 5.46. The number of amides is 1. The van der Waals surface area contributed by atoms with Gasteiger partial charge >= 0.3 is 183 Å². The van der Waals surface area contributed by atoms with Crippen molar-refractivity contribution in [3.63, 3.8) is 0 Å². The summed E-state index contributed by atoms with van der Waals surface area (Å²) in [4.78, 5) is 21.8. The van der Waals surface area contributed by atoms with E-state index in [2.05, 4.69) is 20.4 Å². The quantitative estimate of drug-likeness (QED) is 0.390. The van der Waals surface area contributed by atoms with Crippen molar-refractivity contribution in [3.05, 3.63) is 65.9 Å². The number of anilines is 1. The van der Waals surface area contributed by atoms with E-state index in [0.29, 0.717) is 28.8 Å². The Morgan fingerprint density at radius 1 is 1.23 bits per heavy atom. The Labute approximate surface area is 188 Å². The van der Waals surface area contributed by atoms with Crippen LogP contribution in [0.5, 0.6) is 0 Å². The van der Waals surface area contributed by atoms with Crippen molar-refractivity contribution >= 4 is 38.5 Å². The van der Waals surface area contributed by atoms with Crippen LogP contribution in [0.15, 0.2) is 49.1 Å². The Balaban J connectivity index is 1.50. The number of nitrogens with one attached hydrogen (secondary N) is 1. The SMILES string of the molecule is O=C(Nc1cc(C2C[CH2][Sn][CH2]C2)nn1-c1ccc(CO)cn1)c1cnn2cccnc12. The summed E-state index contributed by atoms with van der Waals surface area (Å²) in [5.41, 5.74) is 2.59. The Morgan fingerprint density at radius 3 is 2.87 bits per heavy atom. The molecule has 10 heteroatoms. The second-order valence-corrected chi connectivity index (χ2v) is 11.8. The van der Waals surface area contributed by atoms with Gasteiger partial charge in [-0.15, -0.1) is 0 Å². The summed E-state index contributed by atoms with van der Waals surface area (Å²) >= 11 is -0.175. The number of pyridine rings is 1. The Hall–Kier alpha value is -2.79. The molecular weight excluding hydrogens is 501 g/mol. The van der Waals surface area contributed by atoms with E-state index in [-0.39, 0.29) is 33.7 Å². The zero-order chi connectivity index (χ0) is 21.2. The van der Waals surface area contributed by atoms with E-state index in [1.165, 1.54) is 27.9 Å². The predicted octanol–water partition coefficient (Wildman–Crippen LogP) is 2.47. The number of aromatic nitrogens is 6. The zero-order valence-corrected chi connectivity index (χ0v) is 19.6. The minimum atomic E-state index is -0.300. The maximum absolute atomic E-state index is 13.1. The van der Waals surface area contributed by atoms with Gasteiger partial charge in [0.1, 0.15) is 0 Å². The van der Waals surface area contributed by atoms with Crippen LogP contribution < -0.4 is 5.32 Å². The molecule has 31 heavy (non-hydrogen) atoms. The molecule has 0 aliphatic carbocycles. The minimum absolute atomic E-state index is 0.0736.